The fraction of sp³-hybridized carbons (Fsp3) is 0.320. The molecule has 3 aromatic rings. The van der Waals surface area contributed by atoms with E-state index in [9.17, 15) is 5.26 Å². The van der Waals surface area contributed by atoms with Crippen molar-refractivity contribution in [3.8, 4) is 22.9 Å². The predicted molar refractivity (Wildman–Crippen MR) is 132 cm³/mol. The normalized spacial score (nSPS) is 14.0. The topological polar surface area (TPSA) is 88.1 Å². The van der Waals surface area contributed by atoms with Crippen LogP contribution in [0, 0.1) is 11.3 Å². The van der Waals surface area contributed by atoms with E-state index >= 15 is 0 Å². The SMILES string of the molecule is CC(C)(c1ccc(-c2cnc(N3CC(N)C3)nc2)cc1)c1cc(Cl)c(OCCCl)c(C#N)c1. The summed E-state index contributed by atoms with van der Waals surface area (Å²) in [7, 11) is 0. The number of nitriles is 1. The van der Waals surface area contributed by atoms with Gasteiger partial charge in [-0.15, -0.1) is 11.6 Å². The van der Waals surface area contributed by atoms with Crippen LogP contribution < -0.4 is 15.4 Å². The minimum absolute atomic E-state index is 0.206. The van der Waals surface area contributed by atoms with Gasteiger partial charge in [0.05, 0.1) is 16.5 Å². The first-order chi connectivity index (χ1) is 15.8. The van der Waals surface area contributed by atoms with Crippen LogP contribution in [0.1, 0.15) is 30.5 Å². The van der Waals surface area contributed by atoms with Crippen molar-refractivity contribution in [2.45, 2.75) is 25.3 Å². The average molecular weight is 482 g/mol. The zero-order valence-corrected chi connectivity index (χ0v) is 20.1. The molecule has 2 N–H and O–H groups in total. The summed E-state index contributed by atoms with van der Waals surface area (Å²) in [4.78, 5) is 11.0. The predicted octanol–water partition coefficient (Wildman–Crippen LogP) is 4.76. The number of benzene rings is 2. The molecule has 0 bridgehead atoms. The molecule has 6 nitrogen and oxygen atoms in total. The first-order valence-corrected chi connectivity index (χ1v) is 11.6. The lowest BCUT2D eigenvalue weighted by atomic mass is 9.77. The molecule has 0 aliphatic carbocycles. The Morgan fingerprint density at radius 3 is 2.36 bits per heavy atom. The van der Waals surface area contributed by atoms with E-state index in [1.54, 1.807) is 0 Å². The summed E-state index contributed by atoms with van der Waals surface area (Å²) in [5, 5.41) is 10.0. The molecule has 1 aliphatic heterocycles. The summed E-state index contributed by atoms with van der Waals surface area (Å²) in [6, 6.07) is 14.3. The van der Waals surface area contributed by atoms with Gasteiger partial charge in [0.2, 0.25) is 5.95 Å². The number of aromatic nitrogens is 2. The van der Waals surface area contributed by atoms with Crippen LogP contribution in [0.3, 0.4) is 0 Å². The van der Waals surface area contributed by atoms with Crippen molar-refractivity contribution in [2.24, 2.45) is 5.73 Å². The second kappa shape index (κ2) is 9.56. The number of rotatable bonds is 7. The van der Waals surface area contributed by atoms with Gasteiger partial charge in [0, 0.05) is 42.5 Å². The molecule has 2 heterocycles. The van der Waals surface area contributed by atoms with Crippen LogP contribution in [-0.4, -0.2) is 41.6 Å². The van der Waals surface area contributed by atoms with Gasteiger partial charge in [-0.25, -0.2) is 9.97 Å². The van der Waals surface area contributed by atoms with E-state index in [2.05, 4.69) is 59.1 Å². The van der Waals surface area contributed by atoms with Crippen LogP contribution in [0.25, 0.3) is 11.1 Å². The molecule has 0 atom stereocenters. The molecule has 0 saturated carbocycles. The molecule has 4 rings (SSSR count). The maximum Gasteiger partial charge on any atom is 0.225 e. The van der Waals surface area contributed by atoms with E-state index in [0.29, 0.717) is 28.2 Å². The highest BCUT2D eigenvalue weighted by Gasteiger charge is 2.27. The van der Waals surface area contributed by atoms with Crippen LogP contribution in [0.2, 0.25) is 5.02 Å². The molecule has 2 aromatic carbocycles. The molecule has 1 aromatic heterocycles. The van der Waals surface area contributed by atoms with Gasteiger partial charge in [-0.1, -0.05) is 49.7 Å². The molecule has 1 fully saturated rings. The molecule has 0 amide bonds. The average Bonchev–Trinajstić information content (AvgIpc) is 2.81. The van der Waals surface area contributed by atoms with Crippen LogP contribution in [0.15, 0.2) is 48.8 Å². The number of nitrogens with zero attached hydrogens (tertiary/aromatic N) is 4. The summed E-state index contributed by atoms with van der Waals surface area (Å²) >= 11 is 12.2. The summed E-state index contributed by atoms with van der Waals surface area (Å²) in [6.45, 7) is 6.07. The van der Waals surface area contributed by atoms with Crippen LogP contribution >= 0.6 is 23.2 Å². The summed E-state index contributed by atoms with van der Waals surface area (Å²) in [5.41, 5.74) is 9.85. The first kappa shape index (κ1) is 23.3. The van der Waals surface area contributed by atoms with Gasteiger partial charge in [-0.3, -0.25) is 0 Å². The van der Waals surface area contributed by atoms with Gasteiger partial charge >= 0.3 is 0 Å². The second-order valence-electron chi connectivity index (χ2n) is 8.62. The Hall–Kier alpha value is -2.85. The van der Waals surface area contributed by atoms with Gasteiger partial charge in [0.25, 0.3) is 0 Å². The standard InChI is InChI=1S/C25H25Cl2N5O/c1-25(2,20-9-17(11-28)23(22(27)10-20)33-8-7-26)19-5-3-16(4-6-19)18-12-30-24(31-13-18)32-14-21(29)15-32/h3-6,9-10,12-13,21H,7-8,14-15,29H2,1-2H3. The molecular weight excluding hydrogens is 457 g/mol. The molecule has 0 spiro atoms. The van der Waals surface area contributed by atoms with Crippen LogP contribution in [0.4, 0.5) is 5.95 Å². The van der Waals surface area contributed by atoms with Crippen LogP contribution in [0.5, 0.6) is 5.75 Å². The number of alkyl halides is 1. The van der Waals surface area contributed by atoms with Crippen molar-refractivity contribution in [1.82, 2.24) is 9.97 Å². The number of ether oxygens (including phenoxy) is 1. The second-order valence-corrected chi connectivity index (χ2v) is 9.41. The lowest BCUT2D eigenvalue weighted by Gasteiger charge is -2.36. The van der Waals surface area contributed by atoms with E-state index in [-0.39, 0.29) is 18.1 Å². The third kappa shape index (κ3) is 4.77. The summed E-state index contributed by atoms with van der Waals surface area (Å²) in [5.74, 6) is 1.40. The zero-order chi connectivity index (χ0) is 23.6. The van der Waals surface area contributed by atoms with E-state index < -0.39 is 0 Å². The zero-order valence-electron chi connectivity index (χ0n) is 18.6. The molecule has 1 aliphatic rings. The van der Waals surface area contributed by atoms with Crippen molar-refractivity contribution in [2.75, 3.05) is 30.5 Å². The Morgan fingerprint density at radius 2 is 1.79 bits per heavy atom. The Kier molecular flexibility index (Phi) is 6.76. The third-order valence-electron chi connectivity index (χ3n) is 5.98. The van der Waals surface area contributed by atoms with Gasteiger partial charge in [-0.05, 0) is 28.8 Å². The highest BCUT2D eigenvalue weighted by atomic mass is 35.5. The van der Waals surface area contributed by atoms with Gasteiger partial charge in [0.1, 0.15) is 12.7 Å². The van der Waals surface area contributed by atoms with E-state index in [1.165, 1.54) is 0 Å². The highest BCUT2D eigenvalue weighted by Crippen LogP contribution is 2.38. The number of nitrogens with two attached hydrogens (primary N) is 1. The van der Waals surface area contributed by atoms with Crippen molar-refractivity contribution in [1.29, 1.82) is 5.26 Å². The molecule has 1 saturated heterocycles. The maximum absolute atomic E-state index is 9.61. The highest BCUT2D eigenvalue weighted by molar-refractivity contribution is 6.32. The number of hydrogen-bond donors (Lipinski definition) is 1. The van der Waals surface area contributed by atoms with E-state index in [1.807, 2.05) is 24.5 Å². The van der Waals surface area contributed by atoms with Gasteiger partial charge < -0.3 is 15.4 Å². The van der Waals surface area contributed by atoms with Crippen LogP contribution in [-0.2, 0) is 5.41 Å². The molecule has 170 valence electrons. The number of halogens is 2. The van der Waals surface area contributed by atoms with Crippen molar-refractivity contribution >= 4 is 29.2 Å². The Labute approximate surface area is 203 Å². The Morgan fingerprint density at radius 1 is 1.12 bits per heavy atom. The lowest BCUT2D eigenvalue weighted by Crippen LogP contribution is -2.56. The van der Waals surface area contributed by atoms with Gasteiger partial charge in [-0.2, -0.15) is 5.26 Å². The van der Waals surface area contributed by atoms with Crippen molar-refractivity contribution < 1.29 is 4.74 Å². The first-order valence-electron chi connectivity index (χ1n) is 10.7. The smallest absolute Gasteiger partial charge is 0.225 e. The van der Waals surface area contributed by atoms with E-state index in [4.69, 9.17) is 33.7 Å². The quantitative estimate of drug-likeness (QED) is 0.489. The number of anilines is 1. The largest absolute Gasteiger partial charge is 0.489 e. The third-order valence-corrected chi connectivity index (χ3v) is 6.42. The Bertz CT molecular complexity index is 1170. The fourth-order valence-electron chi connectivity index (χ4n) is 3.88. The summed E-state index contributed by atoms with van der Waals surface area (Å²) in [6.07, 6.45) is 3.68. The maximum atomic E-state index is 9.61. The van der Waals surface area contributed by atoms with Crippen molar-refractivity contribution in [3.63, 3.8) is 0 Å². The molecule has 33 heavy (non-hydrogen) atoms. The minimum atomic E-state index is -0.380. The number of hydrogen-bond acceptors (Lipinski definition) is 6. The monoisotopic (exact) mass is 481 g/mol. The van der Waals surface area contributed by atoms with Crippen molar-refractivity contribution in [3.05, 3.63) is 70.5 Å². The summed E-state index contributed by atoms with van der Waals surface area (Å²) < 4.78 is 5.58. The van der Waals surface area contributed by atoms with E-state index in [0.717, 1.165) is 35.3 Å². The molecular formula is C25H25Cl2N5O. The molecule has 8 heteroatoms. The fourth-order valence-corrected chi connectivity index (χ4v) is 4.23. The Balaban J connectivity index is 1.57. The molecule has 0 radical (unpaired) electrons. The van der Waals surface area contributed by atoms with Gasteiger partial charge in [0.15, 0.2) is 5.75 Å². The minimum Gasteiger partial charge on any atom is -0.489 e. The molecule has 0 unspecified atom stereocenters. The lowest BCUT2D eigenvalue weighted by molar-refractivity contribution is 0.341.